The number of aryl methyl sites for hydroxylation is 1. The molecule has 168 valence electrons. The van der Waals surface area contributed by atoms with Crippen molar-refractivity contribution in [2.75, 3.05) is 26.0 Å². The largest absolute Gasteiger partial charge is 0.378 e. The molecule has 1 unspecified atom stereocenters. The third-order valence-electron chi connectivity index (χ3n) is 7.34. The van der Waals surface area contributed by atoms with Gasteiger partial charge in [-0.1, -0.05) is 18.2 Å². The lowest BCUT2D eigenvalue weighted by molar-refractivity contribution is -0.00860. The van der Waals surface area contributed by atoms with Gasteiger partial charge in [-0.25, -0.2) is 8.42 Å². The second-order valence-electron chi connectivity index (χ2n) is 9.73. The van der Waals surface area contributed by atoms with Crippen molar-refractivity contribution in [3.63, 3.8) is 0 Å². The smallest absolute Gasteiger partial charge is 0.175 e. The van der Waals surface area contributed by atoms with Crippen LogP contribution in [0, 0.1) is 5.41 Å². The van der Waals surface area contributed by atoms with Gasteiger partial charge in [-0.3, -0.25) is 9.88 Å². The summed E-state index contributed by atoms with van der Waals surface area (Å²) in [5, 5.41) is 0. The number of sulfone groups is 1. The molecule has 0 aliphatic carbocycles. The Morgan fingerprint density at radius 3 is 2.58 bits per heavy atom. The normalized spacial score (nSPS) is 25.2. The average Bonchev–Trinajstić information content (AvgIpc) is 3.44. The number of likely N-dealkylation sites (tertiary alicyclic amines) is 1. The van der Waals surface area contributed by atoms with Crippen LogP contribution in [-0.4, -0.2) is 50.4 Å². The topological polar surface area (TPSA) is 59.5 Å². The predicted molar refractivity (Wildman–Crippen MR) is 123 cm³/mol. The third-order valence-corrected chi connectivity index (χ3v) is 8.47. The molecule has 0 saturated carbocycles. The first-order valence-electron chi connectivity index (χ1n) is 11.3. The second kappa shape index (κ2) is 8.64. The Balaban J connectivity index is 1.52. The number of ether oxygens (including phenoxy) is 1. The molecule has 2 aliphatic heterocycles. The van der Waals surface area contributed by atoms with Crippen LogP contribution in [0.15, 0.2) is 53.6 Å². The summed E-state index contributed by atoms with van der Waals surface area (Å²) >= 11 is 0. The standard InChI is InChI=1S/C25H34N2O3S/c1-24(2,22-7-4-5-16-26-22)27-17-15-25(19-27,23-8-6-18-30-23)14-13-20-9-11-21(12-10-20)31(3,28)29/h4-5,7,9-12,16,23H,6,8,13-15,17-19H2,1-3H3/t23?,25-/m0/s1. The maximum atomic E-state index is 11.8. The van der Waals surface area contributed by atoms with Crippen LogP contribution in [0.1, 0.15) is 50.8 Å². The minimum Gasteiger partial charge on any atom is -0.378 e. The average molecular weight is 443 g/mol. The molecule has 2 atom stereocenters. The molecule has 1 aromatic heterocycles. The van der Waals surface area contributed by atoms with E-state index in [0.717, 1.165) is 57.5 Å². The summed E-state index contributed by atoms with van der Waals surface area (Å²) in [6, 6.07) is 13.5. The van der Waals surface area contributed by atoms with Crippen molar-refractivity contribution in [1.82, 2.24) is 9.88 Å². The molecule has 6 heteroatoms. The van der Waals surface area contributed by atoms with Crippen molar-refractivity contribution in [3.05, 3.63) is 59.9 Å². The molecule has 1 aromatic carbocycles. The van der Waals surface area contributed by atoms with Crippen LogP contribution in [-0.2, 0) is 26.5 Å². The van der Waals surface area contributed by atoms with Crippen LogP contribution in [0.3, 0.4) is 0 Å². The van der Waals surface area contributed by atoms with Crippen LogP contribution in [0.5, 0.6) is 0 Å². The van der Waals surface area contributed by atoms with Crippen molar-refractivity contribution < 1.29 is 13.2 Å². The van der Waals surface area contributed by atoms with Gasteiger partial charge in [-0.2, -0.15) is 0 Å². The Bertz CT molecular complexity index is 983. The fourth-order valence-corrected chi connectivity index (χ4v) is 5.88. The molecule has 0 radical (unpaired) electrons. The summed E-state index contributed by atoms with van der Waals surface area (Å²) < 4.78 is 29.7. The minimum atomic E-state index is -3.16. The van der Waals surface area contributed by atoms with E-state index in [0.29, 0.717) is 11.0 Å². The summed E-state index contributed by atoms with van der Waals surface area (Å²) in [5.74, 6) is 0. The van der Waals surface area contributed by atoms with E-state index in [9.17, 15) is 8.42 Å². The molecule has 4 rings (SSSR count). The van der Waals surface area contributed by atoms with E-state index in [1.807, 2.05) is 24.4 Å². The number of rotatable bonds is 7. The van der Waals surface area contributed by atoms with Crippen LogP contribution < -0.4 is 0 Å². The molecular formula is C25H34N2O3S. The Morgan fingerprint density at radius 2 is 1.97 bits per heavy atom. The number of aromatic nitrogens is 1. The summed E-state index contributed by atoms with van der Waals surface area (Å²) in [6.45, 7) is 7.44. The van der Waals surface area contributed by atoms with Gasteiger partial charge in [0.05, 0.1) is 22.2 Å². The predicted octanol–water partition coefficient (Wildman–Crippen LogP) is 4.22. The highest BCUT2D eigenvalue weighted by molar-refractivity contribution is 7.90. The Morgan fingerprint density at radius 1 is 1.19 bits per heavy atom. The van der Waals surface area contributed by atoms with Gasteiger partial charge in [0, 0.05) is 31.0 Å². The highest BCUT2D eigenvalue weighted by Crippen LogP contribution is 2.46. The lowest BCUT2D eigenvalue weighted by atomic mass is 9.75. The van der Waals surface area contributed by atoms with Crippen LogP contribution in [0.2, 0.25) is 0 Å². The van der Waals surface area contributed by atoms with Crippen molar-refractivity contribution >= 4 is 9.84 Å². The Hall–Kier alpha value is -1.76. The van der Waals surface area contributed by atoms with Gasteiger partial charge in [0.25, 0.3) is 0 Å². The van der Waals surface area contributed by atoms with Crippen molar-refractivity contribution in [2.24, 2.45) is 5.41 Å². The number of hydrogen-bond donors (Lipinski definition) is 0. The maximum Gasteiger partial charge on any atom is 0.175 e. The first-order chi connectivity index (χ1) is 14.7. The molecule has 2 fully saturated rings. The zero-order chi connectivity index (χ0) is 22.1. The van der Waals surface area contributed by atoms with E-state index in [1.165, 1.54) is 11.8 Å². The quantitative estimate of drug-likeness (QED) is 0.642. The molecule has 5 nitrogen and oxygen atoms in total. The van der Waals surface area contributed by atoms with Gasteiger partial charge in [-0.05, 0) is 82.3 Å². The first kappa shape index (κ1) is 22.4. The highest BCUT2D eigenvalue weighted by atomic mass is 32.2. The van der Waals surface area contributed by atoms with Crippen LogP contribution in [0.4, 0.5) is 0 Å². The molecule has 31 heavy (non-hydrogen) atoms. The van der Waals surface area contributed by atoms with E-state index in [4.69, 9.17) is 4.74 Å². The fraction of sp³-hybridized carbons (Fsp3) is 0.560. The Labute approximate surface area is 186 Å². The van der Waals surface area contributed by atoms with E-state index in [-0.39, 0.29) is 11.0 Å². The van der Waals surface area contributed by atoms with Gasteiger partial charge in [0.15, 0.2) is 9.84 Å². The SMILES string of the molecule is CC(C)(c1ccccn1)N1CC[C@](CCc2ccc(S(C)(=O)=O)cc2)(C2CCCO2)C1. The van der Waals surface area contributed by atoms with E-state index in [1.54, 1.807) is 12.1 Å². The molecule has 0 N–H and O–H groups in total. The molecule has 0 bridgehead atoms. The molecule has 2 aromatic rings. The van der Waals surface area contributed by atoms with Crippen LogP contribution >= 0.6 is 0 Å². The van der Waals surface area contributed by atoms with Gasteiger partial charge in [0.2, 0.25) is 0 Å². The minimum absolute atomic E-state index is 0.123. The van der Waals surface area contributed by atoms with Gasteiger partial charge < -0.3 is 4.74 Å². The van der Waals surface area contributed by atoms with Crippen molar-refractivity contribution in [2.45, 2.75) is 62.5 Å². The third kappa shape index (κ3) is 4.71. The number of nitrogens with zero attached hydrogens (tertiary/aromatic N) is 2. The monoisotopic (exact) mass is 442 g/mol. The second-order valence-corrected chi connectivity index (χ2v) is 11.7. The van der Waals surface area contributed by atoms with Gasteiger partial charge >= 0.3 is 0 Å². The molecular weight excluding hydrogens is 408 g/mol. The molecule has 0 spiro atoms. The molecule has 0 amide bonds. The van der Waals surface area contributed by atoms with Crippen molar-refractivity contribution in [3.8, 4) is 0 Å². The molecule has 3 heterocycles. The number of pyridine rings is 1. The van der Waals surface area contributed by atoms with Gasteiger partial charge in [-0.15, -0.1) is 0 Å². The van der Waals surface area contributed by atoms with E-state index < -0.39 is 9.84 Å². The maximum absolute atomic E-state index is 11.8. The number of benzene rings is 1. The first-order valence-corrected chi connectivity index (χ1v) is 13.2. The lowest BCUT2D eigenvalue weighted by Gasteiger charge is -2.39. The summed E-state index contributed by atoms with van der Waals surface area (Å²) in [4.78, 5) is 7.60. The lowest BCUT2D eigenvalue weighted by Crippen LogP contribution is -2.44. The summed E-state index contributed by atoms with van der Waals surface area (Å²) in [6.07, 6.45) is 8.80. The van der Waals surface area contributed by atoms with Crippen LogP contribution in [0.25, 0.3) is 0 Å². The molecule has 2 aliphatic rings. The van der Waals surface area contributed by atoms with Crippen molar-refractivity contribution in [1.29, 1.82) is 0 Å². The van der Waals surface area contributed by atoms with E-state index in [2.05, 4.69) is 35.9 Å². The zero-order valence-electron chi connectivity index (χ0n) is 18.9. The summed E-state index contributed by atoms with van der Waals surface area (Å²) in [5.41, 5.74) is 2.29. The zero-order valence-corrected chi connectivity index (χ0v) is 19.7. The fourth-order valence-electron chi connectivity index (χ4n) is 5.24. The van der Waals surface area contributed by atoms with E-state index >= 15 is 0 Å². The van der Waals surface area contributed by atoms with Gasteiger partial charge in [0.1, 0.15) is 0 Å². The Kier molecular flexibility index (Phi) is 6.25. The molecule has 2 saturated heterocycles. The number of hydrogen-bond acceptors (Lipinski definition) is 5. The summed E-state index contributed by atoms with van der Waals surface area (Å²) in [7, 11) is -3.16. The highest BCUT2D eigenvalue weighted by Gasteiger charge is 2.49.